The summed E-state index contributed by atoms with van der Waals surface area (Å²) in [5.41, 5.74) is 4.43. The minimum Gasteiger partial charge on any atom is -0.479 e. The topological polar surface area (TPSA) is 105 Å². The van der Waals surface area contributed by atoms with Gasteiger partial charge in [0.1, 0.15) is 12.6 Å². The Morgan fingerprint density at radius 1 is 0.941 bits per heavy atom. The summed E-state index contributed by atoms with van der Waals surface area (Å²) in [4.78, 5) is 37.7. The van der Waals surface area contributed by atoms with Crippen molar-refractivity contribution in [2.75, 3.05) is 6.61 Å². The number of nitrogens with one attached hydrogen (secondary N) is 2. The van der Waals surface area contributed by atoms with Crippen molar-refractivity contribution in [3.05, 3.63) is 82.0 Å². The van der Waals surface area contributed by atoms with E-state index < -0.39 is 30.1 Å². The van der Waals surface area contributed by atoms with Crippen LogP contribution in [0.1, 0.15) is 41.8 Å². The Hall–Kier alpha value is -3.65. The minimum atomic E-state index is -1.18. The quantitative estimate of drug-likeness (QED) is 0.440. The first-order valence-electron chi connectivity index (χ1n) is 11.0. The number of carboxylic acid groups (broad SMARTS) is 1. The molecule has 0 aliphatic heterocycles. The van der Waals surface area contributed by atoms with Crippen molar-refractivity contribution in [3.63, 3.8) is 0 Å². The lowest BCUT2D eigenvalue weighted by molar-refractivity contribution is -0.142. The van der Waals surface area contributed by atoms with Gasteiger partial charge in [0.05, 0.1) is 0 Å². The number of thiophene rings is 1. The number of aliphatic carboxylic acids is 1. The maximum atomic E-state index is 12.9. The van der Waals surface area contributed by atoms with E-state index in [1.807, 2.05) is 36.4 Å². The fourth-order valence-corrected chi connectivity index (χ4v) is 5.01. The zero-order chi connectivity index (χ0) is 24.2. The van der Waals surface area contributed by atoms with Crippen LogP contribution in [-0.2, 0) is 14.3 Å². The van der Waals surface area contributed by atoms with Crippen LogP contribution >= 0.6 is 11.3 Å². The fourth-order valence-electron chi connectivity index (χ4n) is 4.24. The summed E-state index contributed by atoms with van der Waals surface area (Å²) in [6, 6.07) is 17.3. The summed E-state index contributed by atoms with van der Waals surface area (Å²) in [5.74, 6) is -2.12. The molecule has 1 heterocycles. The van der Waals surface area contributed by atoms with Gasteiger partial charge in [-0.25, -0.2) is 9.59 Å². The van der Waals surface area contributed by atoms with Gasteiger partial charge in [-0.3, -0.25) is 4.79 Å². The molecule has 3 N–H and O–H groups in total. The molecule has 1 unspecified atom stereocenters. The molecule has 2 amide bonds. The molecule has 0 saturated heterocycles. The lowest BCUT2D eigenvalue weighted by Crippen LogP contribution is -2.51. The highest BCUT2D eigenvalue weighted by Gasteiger charge is 2.32. The molecule has 2 atom stereocenters. The van der Waals surface area contributed by atoms with Gasteiger partial charge < -0.3 is 20.5 Å². The molecule has 3 aromatic rings. The molecule has 0 fully saturated rings. The highest BCUT2D eigenvalue weighted by molar-refractivity contribution is 7.10. The van der Waals surface area contributed by atoms with Crippen LogP contribution in [0.2, 0.25) is 0 Å². The van der Waals surface area contributed by atoms with Crippen molar-refractivity contribution in [2.24, 2.45) is 5.92 Å². The molecule has 8 heteroatoms. The van der Waals surface area contributed by atoms with E-state index in [0.717, 1.165) is 22.3 Å². The predicted octanol–water partition coefficient (Wildman–Crippen LogP) is 4.55. The average molecular weight is 479 g/mol. The number of hydrogen-bond acceptors (Lipinski definition) is 5. The molecule has 2 aromatic carbocycles. The van der Waals surface area contributed by atoms with E-state index in [1.165, 1.54) is 11.3 Å². The number of alkyl carbamates (subject to hydrolysis) is 1. The molecular weight excluding hydrogens is 452 g/mol. The Morgan fingerprint density at radius 2 is 1.56 bits per heavy atom. The average Bonchev–Trinajstić information content (AvgIpc) is 3.46. The van der Waals surface area contributed by atoms with Gasteiger partial charge >= 0.3 is 12.1 Å². The number of ether oxygens (including phenoxy) is 1. The number of amides is 2. The highest BCUT2D eigenvalue weighted by Crippen LogP contribution is 2.44. The second-order valence-electron chi connectivity index (χ2n) is 8.49. The van der Waals surface area contributed by atoms with Crippen molar-refractivity contribution in [3.8, 4) is 11.1 Å². The molecule has 1 aromatic heterocycles. The van der Waals surface area contributed by atoms with Gasteiger partial charge in [0, 0.05) is 10.8 Å². The van der Waals surface area contributed by atoms with Crippen molar-refractivity contribution >= 4 is 29.3 Å². The van der Waals surface area contributed by atoms with E-state index >= 15 is 0 Å². The van der Waals surface area contributed by atoms with Crippen LogP contribution in [0.25, 0.3) is 11.1 Å². The van der Waals surface area contributed by atoms with Crippen LogP contribution in [0.3, 0.4) is 0 Å². The van der Waals surface area contributed by atoms with Crippen molar-refractivity contribution in [1.82, 2.24) is 10.6 Å². The zero-order valence-corrected chi connectivity index (χ0v) is 19.7. The van der Waals surface area contributed by atoms with E-state index in [4.69, 9.17) is 4.74 Å². The third-order valence-corrected chi connectivity index (χ3v) is 6.86. The number of rotatable bonds is 8. The summed E-state index contributed by atoms with van der Waals surface area (Å²) in [5, 5.41) is 16.4. The van der Waals surface area contributed by atoms with Crippen LogP contribution in [0.5, 0.6) is 0 Å². The van der Waals surface area contributed by atoms with E-state index in [2.05, 4.69) is 22.8 Å². The van der Waals surface area contributed by atoms with Crippen molar-refractivity contribution in [1.29, 1.82) is 0 Å². The van der Waals surface area contributed by atoms with Gasteiger partial charge in [0.25, 0.3) is 0 Å². The first kappa shape index (κ1) is 23.5. The zero-order valence-electron chi connectivity index (χ0n) is 18.9. The molecule has 34 heavy (non-hydrogen) atoms. The Morgan fingerprint density at radius 3 is 2.09 bits per heavy atom. The molecule has 7 nitrogen and oxygen atoms in total. The minimum absolute atomic E-state index is 0.0975. The maximum Gasteiger partial charge on any atom is 0.407 e. The third-order valence-electron chi connectivity index (χ3n) is 5.93. The normalized spacial score (nSPS) is 14.1. The van der Waals surface area contributed by atoms with Gasteiger partial charge in [-0.15, -0.1) is 11.3 Å². The summed E-state index contributed by atoms with van der Waals surface area (Å²) in [6.45, 7) is 3.67. The summed E-state index contributed by atoms with van der Waals surface area (Å²) >= 11 is 1.24. The summed E-state index contributed by atoms with van der Waals surface area (Å²) in [7, 11) is 0. The van der Waals surface area contributed by atoms with Gasteiger partial charge in [0.15, 0.2) is 6.04 Å². The molecule has 4 rings (SSSR count). The number of carbonyl (C=O) groups excluding carboxylic acids is 2. The predicted molar refractivity (Wildman–Crippen MR) is 130 cm³/mol. The van der Waals surface area contributed by atoms with Gasteiger partial charge in [-0.2, -0.15) is 0 Å². The maximum absolute atomic E-state index is 12.9. The van der Waals surface area contributed by atoms with Crippen molar-refractivity contribution in [2.45, 2.75) is 31.8 Å². The van der Waals surface area contributed by atoms with Crippen LogP contribution in [0.4, 0.5) is 4.79 Å². The second-order valence-corrected chi connectivity index (χ2v) is 9.47. The SMILES string of the molecule is CC(C)[C@H](NC(=O)OCC1c2ccccc2-c2ccccc21)C(=O)NC(C(=O)O)c1cccs1. The lowest BCUT2D eigenvalue weighted by atomic mass is 9.98. The number of benzene rings is 2. The highest BCUT2D eigenvalue weighted by atomic mass is 32.1. The number of carbonyl (C=O) groups is 3. The van der Waals surface area contributed by atoms with Gasteiger partial charge in [-0.05, 0) is 39.6 Å². The second kappa shape index (κ2) is 10.1. The first-order chi connectivity index (χ1) is 16.4. The smallest absolute Gasteiger partial charge is 0.407 e. The lowest BCUT2D eigenvalue weighted by Gasteiger charge is -2.24. The van der Waals surface area contributed by atoms with Crippen LogP contribution in [0, 0.1) is 5.92 Å². The molecule has 0 spiro atoms. The molecular formula is C26H26N2O5S. The Labute approximate surface area is 201 Å². The fraction of sp³-hybridized carbons (Fsp3) is 0.269. The number of carboxylic acids is 1. The monoisotopic (exact) mass is 478 g/mol. The van der Waals surface area contributed by atoms with Crippen LogP contribution in [0.15, 0.2) is 66.0 Å². The molecule has 176 valence electrons. The molecule has 0 saturated carbocycles. The van der Waals surface area contributed by atoms with Gasteiger partial charge in [0.2, 0.25) is 5.91 Å². The first-order valence-corrected chi connectivity index (χ1v) is 11.9. The summed E-state index contributed by atoms with van der Waals surface area (Å²) < 4.78 is 5.55. The largest absolute Gasteiger partial charge is 0.479 e. The van der Waals surface area contributed by atoms with E-state index in [-0.39, 0.29) is 18.4 Å². The number of fused-ring (bicyclic) bond motifs is 3. The number of hydrogen-bond donors (Lipinski definition) is 3. The van der Waals surface area contributed by atoms with Crippen LogP contribution < -0.4 is 10.6 Å². The van der Waals surface area contributed by atoms with Crippen LogP contribution in [-0.4, -0.2) is 35.7 Å². The molecule has 0 radical (unpaired) electrons. The molecule has 1 aliphatic rings. The third kappa shape index (κ3) is 4.82. The summed E-state index contributed by atoms with van der Waals surface area (Å²) in [6.07, 6.45) is -0.723. The Kier molecular flexibility index (Phi) is 6.98. The van der Waals surface area contributed by atoms with E-state index in [0.29, 0.717) is 4.88 Å². The molecule has 1 aliphatic carbocycles. The van der Waals surface area contributed by atoms with E-state index in [9.17, 15) is 19.5 Å². The van der Waals surface area contributed by atoms with E-state index in [1.54, 1.807) is 31.4 Å². The van der Waals surface area contributed by atoms with Crippen molar-refractivity contribution < 1.29 is 24.2 Å². The Bertz CT molecular complexity index is 1150. The molecule has 0 bridgehead atoms. The Balaban J connectivity index is 1.42. The standard InChI is InChI=1S/C26H26N2O5S/c1-15(2)22(24(29)27-23(25(30)31)21-12-7-13-34-21)28-26(32)33-14-20-18-10-5-3-8-16(18)17-9-4-6-11-19(17)20/h3-13,15,20,22-23H,14H2,1-2H3,(H,27,29)(H,28,32)(H,30,31)/t22-,23?/m0/s1. The van der Waals surface area contributed by atoms with Gasteiger partial charge in [-0.1, -0.05) is 68.4 Å².